The molecule has 3 rings (SSSR count). The first-order chi connectivity index (χ1) is 13.7. The molecule has 0 saturated carbocycles. The number of aromatic nitrogens is 2. The molecular formula is C22H24N4O2. The first kappa shape index (κ1) is 19.4. The third kappa shape index (κ3) is 5.07. The van der Waals surface area contributed by atoms with E-state index in [2.05, 4.69) is 22.2 Å². The molecule has 0 unspecified atom stereocenters. The predicted molar refractivity (Wildman–Crippen MR) is 110 cm³/mol. The zero-order valence-electron chi connectivity index (χ0n) is 16.1. The maximum Gasteiger partial charge on any atom is 0.272 e. The highest BCUT2D eigenvalue weighted by Crippen LogP contribution is 2.31. The summed E-state index contributed by atoms with van der Waals surface area (Å²) < 4.78 is 5.96. The summed E-state index contributed by atoms with van der Waals surface area (Å²) in [6, 6.07) is 18.8. The third-order valence-corrected chi connectivity index (χ3v) is 4.20. The average Bonchev–Trinajstić information content (AvgIpc) is 2.74. The molecular weight excluding hydrogens is 352 g/mol. The average molecular weight is 376 g/mol. The van der Waals surface area contributed by atoms with Gasteiger partial charge in [0.25, 0.3) is 5.91 Å². The highest BCUT2D eigenvalue weighted by atomic mass is 16.5. The molecule has 6 heteroatoms. The molecule has 1 N–H and O–H groups in total. The van der Waals surface area contributed by atoms with Gasteiger partial charge < -0.3 is 15.0 Å². The molecule has 144 valence electrons. The minimum atomic E-state index is -0.118. The van der Waals surface area contributed by atoms with Gasteiger partial charge in [0, 0.05) is 19.7 Å². The van der Waals surface area contributed by atoms with Gasteiger partial charge in [-0.05, 0) is 30.7 Å². The van der Waals surface area contributed by atoms with Crippen LogP contribution in [0.25, 0.3) is 0 Å². The molecule has 0 atom stereocenters. The number of hydrogen-bond donors (Lipinski definition) is 1. The summed E-state index contributed by atoms with van der Waals surface area (Å²) in [4.78, 5) is 22.6. The molecule has 1 aromatic heterocycles. The number of nitrogens with one attached hydrogen (secondary N) is 1. The van der Waals surface area contributed by atoms with Crippen molar-refractivity contribution in [3.63, 3.8) is 0 Å². The van der Waals surface area contributed by atoms with Crippen molar-refractivity contribution in [2.24, 2.45) is 0 Å². The Morgan fingerprint density at radius 2 is 1.82 bits per heavy atom. The lowest BCUT2D eigenvalue weighted by Crippen LogP contribution is -2.28. The molecule has 0 spiro atoms. The highest BCUT2D eigenvalue weighted by molar-refractivity contribution is 5.92. The van der Waals surface area contributed by atoms with Crippen LogP contribution in [-0.2, 0) is 0 Å². The van der Waals surface area contributed by atoms with Gasteiger partial charge in [0.1, 0.15) is 23.6 Å². The fraction of sp³-hybridized carbons (Fsp3) is 0.227. The van der Waals surface area contributed by atoms with Crippen LogP contribution in [0.2, 0.25) is 0 Å². The van der Waals surface area contributed by atoms with Crippen LogP contribution in [-0.4, -0.2) is 34.4 Å². The van der Waals surface area contributed by atoms with Crippen LogP contribution >= 0.6 is 0 Å². The van der Waals surface area contributed by atoms with Gasteiger partial charge in [-0.25, -0.2) is 9.97 Å². The van der Waals surface area contributed by atoms with Gasteiger partial charge in [-0.2, -0.15) is 0 Å². The maximum absolute atomic E-state index is 12.5. The minimum absolute atomic E-state index is 0.118. The van der Waals surface area contributed by atoms with Gasteiger partial charge in [-0.1, -0.05) is 43.7 Å². The van der Waals surface area contributed by atoms with Crippen LogP contribution in [0.1, 0.15) is 30.3 Å². The van der Waals surface area contributed by atoms with E-state index in [1.807, 2.05) is 54.6 Å². The first-order valence-corrected chi connectivity index (χ1v) is 9.34. The van der Waals surface area contributed by atoms with Crippen LogP contribution in [0.3, 0.4) is 0 Å². The quantitative estimate of drug-likeness (QED) is 0.606. The molecule has 3 aromatic rings. The fourth-order valence-electron chi connectivity index (χ4n) is 2.65. The Hall–Kier alpha value is -3.41. The zero-order chi connectivity index (χ0) is 19.8. The number of benzene rings is 2. The standard InChI is InChI=1S/C22H24N4O2/c1-3-4-14-26(2)22(27)19-15-21(24-16-23-19)25-18-12-8-9-13-20(18)28-17-10-6-5-7-11-17/h5-13,15-16H,3-4,14H2,1-2H3,(H,23,24,25). The number of nitrogens with zero attached hydrogens (tertiary/aromatic N) is 3. The van der Waals surface area contributed by atoms with Crippen molar-refractivity contribution in [1.82, 2.24) is 14.9 Å². The molecule has 28 heavy (non-hydrogen) atoms. The number of carbonyl (C=O) groups is 1. The Labute approximate surface area is 165 Å². The van der Waals surface area contributed by atoms with Crippen molar-refractivity contribution >= 4 is 17.4 Å². The molecule has 0 aliphatic carbocycles. The Morgan fingerprint density at radius 1 is 1.07 bits per heavy atom. The van der Waals surface area contributed by atoms with Crippen molar-refractivity contribution in [2.75, 3.05) is 18.9 Å². The summed E-state index contributed by atoms with van der Waals surface area (Å²) in [7, 11) is 1.79. The number of anilines is 2. The van der Waals surface area contributed by atoms with Crippen molar-refractivity contribution in [3.8, 4) is 11.5 Å². The van der Waals surface area contributed by atoms with Crippen LogP contribution in [0, 0.1) is 0 Å². The summed E-state index contributed by atoms with van der Waals surface area (Å²) in [6.45, 7) is 2.80. The maximum atomic E-state index is 12.5. The lowest BCUT2D eigenvalue weighted by molar-refractivity contribution is 0.0787. The van der Waals surface area contributed by atoms with Crippen molar-refractivity contribution < 1.29 is 9.53 Å². The van der Waals surface area contributed by atoms with Crippen molar-refractivity contribution in [2.45, 2.75) is 19.8 Å². The summed E-state index contributed by atoms with van der Waals surface area (Å²) in [5.74, 6) is 1.83. The molecule has 0 bridgehead atoms. The van der Waals surface area contributed by atoms with E-state index in [9.17, 15) is 4.79 Å². The topological polar surface area (TPSA) is 67.4 Å². The highest BCUT2D eigenvalue weighted by Gasteiger charge is 2.14. The van der Waals surface area contributed by atoms with E-state index >= 15 is 0 Å². The second-order valence-corrected chi connectivity index (χ2v) is 6.41. The second-order valence-electron chi connectivity index (χ2n) is 6.41. The van der Waals surface area contributed by atoms with E-state index in [0.29, 0.717) is 23.8 Å². The van der Waals surface area contributed by atoms with Gasteiger partial charge in [-0.15, -0.1) is 0 Å². The van der Waals surface area contributed by atoms with Gasteiger partial charge in [0.2, 0.25) is 0 Å². The molecule has 6 nitrogen and oxygen atoms in total. The number of para-hydroxylation sites is 3. The number of carbonyl (C=O) groups excluding carboxylic acids is 1. The summed E-state index contributed by atoms with van der Waals surface area (Å²) in [5.41, 5.74) is 1.11. The Morgan fingerprint density at radius 3 is 2.61 bits per heavy atom. The Bertz CT molecular complexity index is 915. The molecule has 0 aliphatic heterocycles. The number of ether oxygens (including phenoxy) is 1. The van der Waals surface area contributed by atoms with Crippen molar-refractivity contribution in [3.05, 3.63) is 72.7 Å². The van der Waals surface area contributed by atoms with Gasteiger partial charge in [0.15, 0.2) is 5.75 Å². The number of hydrogen-bond acceptors (Lipinski definition) is 5. The van der Waals surface area contributed by atoms with Crippen molar-refractivity contribution in [1.29, 1.82) is 0 Å². The number of unbranched alkanes of at least 4 members (excludes halogenated alkanes) is 1. The van der Waals surface area contributed by atoms with Gasteiger partial charge in [0.05, 0.1) is 5.69 Å². The predicted octanol–water partition coefficient (Wildman–Crippen LogP) is 4.88. The molecule has 1 heterocycles. The van der Waals surface area contributed by atoms with E-state index < -0.39 is 0 Å². The first-order valence-electron chi connectivity index (χ1n) is 9.34. The molecule has 1 amide bonds. The lowest BCUT2D eigenvalue weighted by atomic mass is 10.2. The van der Waals surface area contributed by atoms with E-state index in [-0.39, 0.29) is 5.91 Å². The van der Waals surface area contributed by atoms with Gasteiger partial charge >= 0.3 is 0 Å². The zero-order valence-corrected chi connectivity index (χ0v) is 16.1. The molecule has 0 saturated heterocycles. The summed E-state index contributed by atoms with van der Waals surface area (Å²) in [6.07, 6.45) is 3.39. The summed E-state index contributed by atoms with van der Waals surface area (Å²) >= 11 is 0. The summed E-state index contributed by atoms with van der Waals surface area (Å²) in [5, 5.41) is 3.22. The fourth-order valence-corrected chi connectivity index (χ4v) is 2.65. The Kier molecular flexibility index (Phi) is 6.57. The number of amides is 1. The molecule has 0 fully saturated rings. The minimum Gasteiger partial charge on any atom is -0.455 e. The van der Waals surface area contributed by atoms with E-state index in [0.717, 1.165) is 24.3 Å². The smallest absolute Gasteiger partial charge is 0.272 e. The van der Waals surface area contributed by atoms with Crippen LogP contribution in [0.15, 0.2) is 67.0 Å². The van der Waals surface area contributed by atoms with E-state index in [1.54, 1.807) is 18.0 Å². The SMILES string of the molecule is CCCCN(C)C(=O)c1cc(Nc2ccccc2Oc2ccccc2)ncn1. The molecule has 2 aromatic carbocycles. The Balaban J connectivity index is 1.77. The lowest BCUT2D eigenvalue weighted by Gasteiger charge is -2.16. The molecule has 0 aliphatic rings. The number of rotatable bonds is 8. The van der Waals surface area contributed by atoms with Crippen LogP contribution < -0.4 is 10.1 Å². The largest absolute Gasteiger partial charge is 0.455 e. The normalized spacial score (nSPS) is 10.4. The van der Waals surface area contributed by atoms with E-state index in [1.165, 1.54) is 6.33 Å². The van der Waals surface area contributed by atoms with Crippen LogP contribution in [0.4, 0.5) is 11.5 Å². The third-order valence-electron chi connectivity index (χ3n) is 4.20. The molecule has 0 radical (unpaired) electrons. The monoisotopic (exact) mass is 376 g/mol. The van der Waals surface area contributed by atoms with E-state index in [4.69, 9.17) is 4.74 Å². The van der Waals surface area contributed by atoms with Gasteiger partial charge in [-0.3, -0.25) is 4.79 Å². The second kappa shape index (κ2) is 9.50. The van der Waals surface area contributed by atoms with Crippen LogP contribution in [0.5, 0.6) is 11.5 Å².